The Bertz CT molecular complexity index is 720. The molecule has 1 fully saturated rings. The number of hydrogen-bond donors (Lipinski definition) is 1. The van der Waals surface area contributed by atoms with E-state index in [2.05, 4.69) is 5.32 Å². The summed E-state index contributed by atoms with van der Waals surface area (Å²) in [6.45, 7) is 1.34. The second-order valence-electron chi connectivity index (χ2n) is 6.54. The number of rotatable bonds is 8. The molecule has 1 atom stereocenters. The van der Waals surface area contributed by atoms with E-state index in [0.717, 1.165) is 31.2 Å². The van der Waals surface area contributed by atoms with Crippen molar-refractivity contribution in [1.29, 1.82) is 0 Å². The third-order valence-corrected chi connectivity index (χ3v) is 5.88. The maximum atomic E-state index is 12.3. The molecule has 0 saturated carbocycles. The van der Waals surface area contributed by atoms with Crippen molar-refractivity contribution in [2.45, 2.75) is 25.7 Å². The van der Waals surface area contributed by atoms with Gasteiger partial charge in [0.25, 0.3) is 0 Å². The first kappa shape index (κ1) is 20.5. The summed E-state index contributed by atoms with van der Waals surface area (Å²) in [6, 6.07) is 5.79. The summed E-state index contributed by atoms with van der Waals surface area (Å²) in [7, 11) is -0.0313. The van der Waals surface area contributed by atoms with E-state index in [-0.39, 0.29) is 18.4 Å². The number of hydrogen-bond acceptors (Lipinski definition) is 5. The van der Waals surface area contributed by atoms with Crippen molar-refractivity contribution < 1.29 is 22.7 Å². The Balaban J connectivity index is 1.78. The standard InChI is InChI=1S/C18H28N2O5S/c1-24-16-9-8-14(12-17(16)25-2)6-4-10-19-18(21)15-7-5-11-20(13-15)26(3,22)23/h8-9,12,15H,4-7,10-11,13H2,1-3H3,(H,19,21). The van der Waals surface area contributed by atoms with E-state index in [9.17, 15) is 13.2 Å². The average Bonchev–Trinajstić information content (AvgIpc) is 2.64. The van der Waals surface area contributed by atoms with Crippen molar-refractivity contribution >= 4 is 15.9 Å². The van der Waals surface area contributed by atoms with Crippen LogP contribution in [-0.2, 0) is 21.2 Å². The van der Waals surface area contributed by atoms with Gasteiger partial charge >= 0.3 is 0 Å². The molecule has 1 N–H and O–H groups in total. The number of carbonyl (C=O) groups is 1. The zero-order valence-corrected chi connectivity index (χ0v) is 16.5. The predicted molar refractivity (Wildman–Crippen MR) is 100 cm³/mol. The van der Waals surface area contributed by atoms with Crippen molar-refractivity contribution in [3.63, 3.8) is 0 Å². The second kappa shape index (κ2) is 9.23. The van der Waals surface area contributed by atoms with Crippen LogP contribution in [0.15, 0.2) is 18.2 Å². The number of sulfonamides is 1. The van der Waals surface area contributed by atoms with Gasteiger partial charge in [-0.15, -0.1) is 0 Å². The molecule has 8 heteroatoms. The fraction of sp³-hybridized carbons (Fsp3) is 0.611. The molecule has 7 nitrogen and oxygen atoms in total. The fourth-order valence-corrected chi connectivity index (χ4v) is 4.05. The second-order valence-corrected chi connectivity index (χ2v) is 8.53. The fourth-order valence-electron chi connectivity index (χ4n) is 3.14. The van der Waals surface area contributed by atoms with Crippen molar-refractivity contribution in [3.05, 3.63) is 23.8 Å². The van der Waals surface area contributed by atoms with Crippen molar-refractivity contribution in [1.82, 2.24) is 9.62 Å². The smallest absolute Gasteiger partial charge is 0.224 e. The molecule has 0 aliphatic carbocycles. The van der Waals surface area contributed by atoms with E-state index in [0.29, 0.717) is 24.6 Å². The number of aryl methyl sites for hydroxylation is 1. The minimum atomic E-state index is -3.23. The van der Waals surface area contributed by atoms with Crippen LogP contribution in [0.25, 0.3) is 0 Å². The van der Waals surface area contributed by atoms with Gasteiger partial charge < -0.3 is 14.8 Å². The minimum absolute atomic E-state index is 0.0642. The van der Waals surface area contributed by atoms with Crippen LogP contribution in [0, 0.1) is 5.92 Å². The van der Waals surface area contributed by atoms with E-state index >= 15 is 0 Å². The Labute approximate surface area is 155 Å². The number of carbonyl (C=O) groups excluding carboxylic acids is 1. The van der Waals surface area contributed by atoms with E-state index in [1.807, 2.05) is 18.2 Å². The lowest BCUT2D eigenvalue weighted by atomic mass is 9.99. The molecule has 0 spiro atoms. The quantitative estimate of drug-likeness (QED) is 0.685. The van der Waals surface area contributed by atoms with E-state index in [1.54, 1.807) is 14.2 Å². The molecular formula is C18H28N2O5S. The molecular weight excluding hydrogens is 356 g/mol. The van der Waals surface area contributed by atoms with Crippen LogP contribution < -0.4 is 14.8 Å². The van der Waals surface area contributed by atoms with Gasteiger partial charge in [-0.1, -0.05) is 6.07 Å². The molecule has 2 rings (SSSR count). The number of nitrogens with zero attached hydrogens (tertiary/aromatic N) is 1. The van der Waals surface area contributed by atoms with E-state index in [4.69, 9.17) is 9.47 Å². The predicted octanol–water partition coefficient (Wildman–Crippen LogP) is 1.42. The number of benzene rings is 1. The Morgan fingerprint density at radius 1 is 1.27 bits per heavy atom. The first-order chi connectivity index (χ1) is 12.3. The van der Waals surface area contributed by atoms with Gasteiger partial charge in [0.15, 0.2) is 11.5 Å². The lowest BCUT2D eigenvalue weighted by Crippen LogP contribution is -2.45. The molecule has 1 heterocycles. The summed E-state index contributed by atoms with van der Waals surface area (Å²) < 4.78 is 35.2. The monoisotopic (exact) mass is 384 g/mol. The Morgan fingerprint density at radius 3 is 2.65 bits per heavy atom. The molecule has 26 heavy (non-hydrogen) atoms. The molecule has 1 amide bonds. The van der Waals surface area contributed by atoms with Crippen molar-refractivity contribution in [2.75, 3.05) is 40.1 Å². The molecule has 1 aliphatic rings. The first-order valence-corrected chi connectivity index (χ1v) is 10.6. The van der Waals surface area contributed by atoms with Gasteiger partial charge in [-0.2, -0.15) is 0 Å². The molecule has 0 radical (unpaired) electrons. The molecule has 1 aromatic carbocycles. The third-order valence-electron chi connectivity index (χ3n) is 4.61. The van der Waals surface area contributed by atoms with Crippen molar-refractivity contribution in [2.24, 2.45) is 5.92 Å². The summed E-state index contributed by atoms with van der Waals surface area (Å²) in [5, 5.41) is 2.93. The highest BCUT2D eigenvalue weighted by Crippen LogP contribution is 2.27. The van der Waals surface area contributed by atoms with Gasteiger partial charge in [-0.25, -0.2) is 12.7 Å². The normalized spacial score (nSPS) is 18.3. The lowest BCUT2D eigenvalue weighted by molar-refractivity contribution is -0.126. The van der Waals surface area contributed by atoms with Crippen LogP contribution in [0.1, 0.15) is 24.8 Å². The maximum Gasteiger partial charge on any atom is 0.224 e. The topological polar surface area (TPSA) is 84.9 Å². The van der Waals surface area contributed by atoms with Gasteiger partial charge in [0.1, 0.15) is 0 Å². The highest BCUT2D eigenvalue weighted by atomic mass is 32.2. The largest absolute Gasteiger partial charge is 0.493 e. The number of nitrogens with one attached hydrogen (secondary N) is 1. The maximum absolute atomic E-state index is 12.3. The Kier molecular flexibility index (Phi) is 7.28. The lowest BCUT2D eigenvalue weighted by Gasteiger charge is -2.30. The Hall–Kier alpha value is -1.80. The summed E-state index contributed by atoms with van der Waals surface area (Å²) in [6.07, 6.45) is 4.24. The SMILES string of the molecule is COc1ccc(CCCNC(=O)C2CCCN(S(C)(=O)=O)C2)cc1OC. The highest BCUT2D eigenvalue weighted by Gasteiger charge is 2.29. The number of methoxy groups -OCH3 is 2. The molecule has 1 unspecified atom stereocenters. The molecule has 0 aromatic heterocycles. The summed E-state index contributed by atoms with van der Waals surface area (Å²) >= 11 is 0. The molecule has 1 aliphatic heterocycles. The van der Waals surface area contributed by atoms with Gasteiger partial charge in [0.2, 0.25) is 15.9 Å². The van der Waals surface area contributed by atoms with E-state index in [1.165, 1.54) is 10.6 Å². The van der Waals surface area contributed by atoms with Gasteiger partial charge in [0.05, 0.1) is 26.4 Å². The van der Waals surface area contributed by atoms with Gasteiger partial charge in [-0.3, -0.25) is 4.79 Å². The number of amides is 1. The summed E-state index contributed by atoms with van der Waals surface area (Å²) in [5.74, 6) is 1.06. The van der Waals surface area contributed by atoms with Crippen LogP contribution >= 0.6 is 0 Å². The third kappa shape index (κ3) is 5.60. The highest BCUT2D eigenvalue weighted by molar-refractivity contribution is 7.88. The van der Waals surface area contributed by atoms with Crippen LogP contribution in [0.4, 0.5) is 0 Å². The number of piperidine rings is 1. The molecule has 0 bridgehead atoms. The van der Waals surface area contributed by atoms with Gasteiger partial charge in [-0.05, 0) is 43.4 Å². The van der Waals surface area contributed by atoms with Crippen molar-refractivity contribution in [3.8, 4) is 11.5 Å². The first-order valence-electron chi connectivity index (χ1n) is 8.79. The molecule has 146 valence electrons. The van der Waals surface area contributed by atoms with Crippen LogP contribution in [0.2, 0.25) is 0 Å². The zero-order valence-electron chi connectivity index (χ0n) is 15.7. The minimum Gasteiger partial charge on any atom is -0.493 e. The summed E-state index contributed by atoms with van der Waals surface area (Å²) in [5.41, 5.74) is 1.11. The van der Waals surface area contributed by atoms with E-state index < -0.39 is 10.0 Å². The average molecular weight is 384 g/mol. The number of ether oxygens (including phenoxy) is 2. The Morgan fingerprint density at radius 2 is 2.00 bits per heavy atom. The molecule has 1 aromatic rings. The summed E-state index contributed by atoms with van der Waals surface area (Å²) in [4.78, 5) is 12.3. The zero-order chi connectivity index (χ0) is 19.2. The van der Waals surface area contributed by atoms with Crippen LogP contribution in [0.5, 0.6) is 11.5 Å². The van der Waals surface area contributed by atoms with Gasteiger partial charge in [0, 0.05) is 19.6 Å². The van der Waals surface area contributed by atoms with Crippen LogP contribution in [0.3, 0.4) is 0 Å². The van der Waals surface area contributed by atoms with Crippen LogP contribution in [-0.4, -0.2) is 58.7 Å². The molecule has 1 saturated heterocycles.